The summed E-state index contributed by atoms with van der Waals surface area (Å²) >= 11 is 0. The van der Waals surface area contributed by atoms with Crippen LogP contribution in [0.25, 0.3) is 21.8 Å². The van der Waals surface area contributed by atoms with Crippen molar-refractivity contribution in [2.24, 2.45) is 5.73 Å². The van der Waals surface area contributed by atoms with Gasteiger partial charge in [-0.05, 0) is 49.3 Å². The highest BCUT2D eigenvalue weighted by Crippen LogP contribution is 2.28. The highest BCUT2D eigenvalue weighted by Gasteiger charge is 2.08. The Bertz CT molecular complexity index is 1320. The largest absolute Gasteiger partial charge is 0.442 e. The van der Waals surface area contributed by atoms with Crippen molar-refractivity contribution in [1.82, 2.24) is 4.57 Å². The molecule has 4 rings (SSSR count). The first-order valence-corrected chi connectivity index (χ1v) is 11.7. The van der Waals surface area contributed by atoms with Crippen LogP contribution >= 0.6 is 0 Å². The summed E-state index contributed by atoms with van der Waals surface area (Å²) < 4.78 is 7.02. The van der Waals surface area contributed by atoms with E-state index in [1.807, 2.05) is 30.3 Å². The number of rotatable bonds is 6. The maximum Gasteiger partial charge on any atom is 0.405 e. The van der Waals surface area contributed by atoms with Crippen LogP contribution in [0.4, 0.5) is 4.79 Å². The minimum atomic E-state index is -0.744. The first-order chi connectivity index (χ1) is 17.1. The van der Waals surface area contributed by atoms with E-state index < -0.39 is 6.09 Å². The van der Waals surface area contributed by atoms with Gasteiger partial charge in [0.2, 0.25) is 0 Å². The Labute approximate surface area is 206 Å². The molecule has 4 aromatic rings. The van der Waals surface area contributed by atoms with Gasteiger partial charge < -0.3 is 20.1 Å². The molecule has 0 spiro atoms. The van der Waals surface area contributed by atoms with Gasteiger partial charge in [-0.25, -0.2) is 4.79 Å². The molecule has 0 fully saturated rings. The molecule has 1 atom stereocenters. The first-order valence-electron chi connectivity index (χ1n) is 11.7. The quantitative estimate of drug-likeness (QED) is 0.278. The number of hydrogen-bond acceptors (Lipinski definition) is 3. The van der Waals surface area contributed by atoms with Gasteiger partial charge in [0.1, 0.15) is 6.10 Å². The Morgan fingerprint density at radius 2 is 1.46 bits per heavy atom. The Morgan fingerprint density at radius 1 is 0.886 bits per heavy atom. The Kier molecular flexibility index (Phi) is 9.81. The molecule has 0 saturated carbocycles. The van der Waals surface area contributed by atoms with Crippen molar-refractivity contribution >= 4 is 27.9 Å². The minimum absolute atomic E-state index is 0.237. The maximum atomic E-state index is 10.4. The topological polar surface area (TPSA) is 77.5 Å². The molecule has 5 nitrogen and oxygen atoms in total. The monoisotopic (exact) mass is 466 g/mol. The number of carbonyl (C=O) groups is 1. The van der Waals surface area contributed by atoms with Crippen LogP contribution in [-0.4, -0.2) is 22.4 Å². The summed E-state index contributed by atoms with van der Waals surface area (Å²) in [4.78, 5) is 10.4. The highest BCUT2D eigenvalue weighted by molar-refractivity contribution is 6.08. The van der Waals surface area contributed by atoms with E-state index in [0.717, 1.165) is 24.8 Å². The summed E-state index contributed by atoms with van der Waals surface area (Å²) in [6.45, 7) is 2.65. The smallest absolute Gasteiger partial charge is 0.405 e. The van der Waals surface area contributed by atoms with Crippen molar-refractivity contribution in [3.05, 3.63) is 84.4 Å². The lowest BCUT2D eigenvalue weighted by Gasteiger charge is -2.10. The van der Waals surface area contributed by atoms with Gasteiger partial charge in [0, 0.05) is 34.8 Å². The van der Waals surface area contributed by atoms with Crippen LogP contribution in [0.1, 0.15) is 37.9 Å². The van der Waals surface area contributed by atoms with Gasteiger partial charge in [-0.2, -0.15) is 0 Å². The van der Waals surface area contributed by atoms with E-state index in [1.165, 1.54) is 21.8 Å². The van der Waals surface area contributed by atoms with E-state index in [2.05, 4.69) is 76.8 Å². The predicted molar refractivity (Wildman–Crippen MR) is 141 cm³/mol. The molecule has 1 amide bonds. The zero-order chi connectivity index (χ0) is 24.9. The number of unbranched alkanes of at least 4 members (excludes halogenated alkanes) is 2. The van der Waals surface area contributed by atoms with Gasteiger partial charge in [0.05, 0.1) is 6.54 Å². The van der Waals surface area contributed by atoms with Crippen LogP contribution < -0.4 is 5.73 Å². The number of aliphatic hydroxyl groups is 1. The molecule has 1 unspecified atom stereocenters. The van der Waals surface area contributed by atoms with Gasteiger partial charge in [-0.1, -0.05) is 78.6 Å². The fourth-order valence-electron chi connectivity index (χ4n) is 3.73. The third kappa shape index (κ3) is 7.40. The van der Waals surface area contributed by atoms with E-state index >= 15 is 0 Å². The molecule has 0 saturated heterocycles. The highest BCUT2D eigenvalue weighted by atomic mass is 16.6. The molecule has 0 aliphatic rings. The van der Waals surface area contributed by atoms with Crippen molar-refractivity contribution in [3.63, 3.8) is 0 Å². The summed E-state index contributed by atoms with van der Waals surface area (Å²) in [5.41, 5.74) is 8.23. The lowest BCUT2D eigenvalue weighted by molar-refractivity contribution is 0.116. The fourth-order valence-corrected chi connectivity index (χ4v) is 3.73. The molecule has 3 N–H and O–H groups in total. The number of primary amides is 1. The number of carbonyl (C=O) groups excluding carboxylic acids is 1. The molecular formula is C30H30N2O3. The molecular weight excluding hydrogens is 436 g/mol. The van der Waals surface area contributed by atoms with Crippen LogP contribution in [0.3, 0.4) is 0 Å². The van der Waals surface area contributed by atoms with Gasteiger partial charge in [0.15, 0.2) is 0 Å². The number of aromatic nitrogens is 1. The number of para-hydroxylation sites is 2. The van der Waals surface area contributed by atoms with Crippen molar-refractivity contribution in [2.45, 2.75) is 38.8 Å². The molecule has 1 heterocycles. The zero-order valence-electron chi connectivity index (χ0n) is 19.9. The van der Waals surface area contributed by atoms with E-state index in [1.54, 1.807) is 6.92 Å². The van der Waals surface area contributed by atoms with E-state index in [-0.39, 0.29) is 12.7 Å². The Hall–Kier alpha value is -4.19. The average molecular weight is 467 g/mol. The molecule has 3 aromatic carbocycles. The lowest BCUT2D eigenvalue weighted by Crippen LogP contribution is -2.15. The van der Waals surface area contributed by atoms with E-state index in [9.17, 15) is 4.79 Å². The van der Waals surface area contributed by atoms with Crippen molar-refractivity contribution < 1.29 is 14.6 Å². The first kappa shape index (κ1) is 25.4. The SMILES string of the molecule is CC(OC(N)=O)c1ccccc1.OCCCCC#CC#CCn1c2ccccc2c2ccccc21. The number of hydrogen-bond donors (Lipinski definition) is 2. The maximum absolute atomic E-state index is 10.4. The summed E-state index contributed by atoms with van der Waals surface area (Å²) in [5.74, 6) is 12.0. The second-order valence-corrected chi connectivity index (χ2v) is 7.89. The molecule has 0 aliphatic heterocycles. The van der Waals surface area contributed by atoms with Crippen molar-refractivity contribution in [3.8, 4) is 23.7 Å². The van der Waals surface area contributed by atoms with Crippen LogP contribution in [0.2, 0.25) is 0 Å². The Balaban J connectivity index is 0.000000241. The van der Waals surface area contributed by atoms with Gasteiger partial charge >= 0.3 is 6.09 Å². The number of nitrogens with two attached hydrogens (primary N) is 1. The standard InChI is InChI=1S/C21H19NO.C9H11NO2/c23-17-11-5-3-1-2-4-10-16-22-20-14-8-6-12-18(20)19-13-7-9-15-21(19)22;1-7(12-9(10)11)8-5-3-2-4-6-8/h6-9,12-15,23H,3,5,11,16-17H2;2-7H,1H3,(H2,10,11). The second-order valence-electron chi connectivity index (χ2n) is 7.89. The van der Waals surface area contributed by atoms with Crippen LogP contribution in [0, 0.1) is 23.7 Å². The van der Waals surface area contributed by atoms with Crippen LogP contribution in [0.5, 0.6) is 0 Å². The predicted octanol–water partition coefficient (Wildman–Crippen LogP) is 5.81. The van der Waals surface area contributed by atoms with Crippen LogP contribution in [-0.2, 0) is 11.3 Å². The minimum Gasteiger partial charge on any atom is -0.442 e. The van der Waals surface area contributed by atoms with Gasteiger partial charge in [0.25, 0.3) is 0 Å². The molecule has 178 valence electrons. The van der Waals surface area contributed by atoms with Gasteiger partial charge in [-0.15, -0.1) is 0 Å². The summed E-state index contributed by atoms with van der Waals surface area (Å²) in [6, 6.07) is 26.3. The summed E-state index contributed by atoms with van der Waals surface area (Å²) in [6.07, 6.45) is 1.52. The number of benzene rings is 3. The second kappa shape index (κ2) is 13.5. The summed E-state index contributed by atoms with van der Waals surface area (Å²) in [5, 5.41) is 11.2. The van der Waals surface area contributed by atoms with E-state index in [0.29, 0.717) is 6.54 Å². The molecule has 1 aromatic heterocycles. The molecule has 5 heteroatoms. The zero-order valence-corrected chi connectivity index (χ0v) is 19.9. The Morgan fingerprint density at radius 3 is 2.06 bits per heavy atom. The summed E-state index contributed by atoms with van der Waals surface area (Å²) in [7, 11) is 0. The number of fused-ring (bicyclic) bond motifs is 3. The van der Waals surface area contributed by atoms with Gasteiger partial charge in [-0.3, -0.25) is 0 Å². The molecule has 35 heavy (non-hydrogen) atoms. The number of amides is 1. The van der Waals surface area contributed by atoms with Crippen LogP contribution in [0.15, 0.2) is 78.9 Å². The molecule has 0 aliphatic carbocycles. The molecule has 0 bridgehead atoms. The van der Waals surface area contributed by atoms with Crippen molar-refractivity contribution in [1.29, 1.82) is 0 Å². The van der Waals surface area contributed by atoms with Crippen molar-refractivity contribution in [2.75, 3.05) is 6.61 Å². The number of aliphatic hydroxyl groups excluding tert-OH is 1. The fraction of sp³-hybridized carbons (Fsp3) is 0.233. The normalized spacial score (nSPS) is 10.8. The molecule has 0 radical (unpaired) electrons. The third-order valence-corrected chi connectivity index (χ3v) is 5.43. The number of ether oxygens (including phenoxy) is 1. The number of nitrogens with zero attached hydrogens (tertiary/aromatic N) is 1. The third-order valence-electron chi connectivity index (χ3n) is 5.43. The average Bonchev–Trinajstić information content (AvgIpc) is 3.20. The lowest BCUT2D eigenvalue weighted by atomic mass is 10.1. The van der Waals surface area contributed by atoms with E-state index in [4.69, 9.17) is 15.6 Å².